The Morgan fingerprint density at radius 1 is 1.33 bits per heavy atom. The Morgan fingerprint density at radius 3 is 2.67 bits per heavy atom. The van der Waals surface area contributed by atoms with Gasteiger partial charge < -0.3 is 9.84 Å². The van der Waals surface area contributed by atoms with E-state index in [1.807, 2.05) is 26.1 Å². The maximum absolute atomic E-state index is 10.7. The maximum atomic E-state index is 10.7. The van der Waals surface area contributed by atoms with E-state index in [9.17, 15) is 5.11 Å². The predicted octanol–water partition coefficient (Wildman–Crippen LogP) is 3.16. The van der Waals surface area contributed by atoms with Crippen LogP contribution in [0.15, 0.2) is 18.5 Å². The Bertz CT molecular complexity index is 380. The molecule has 1 unspecified atom stereocenters. The maximum Gasteiger partial charge on any atom is 0.109 e. The fourth-order valence-corrected chi connectivity index (χ4v) is 2.97. The predicted molar refractivity (Wildman–Crippen MR) is 71.4 cm³/mol. The summed E-state index contributed by atoms with van der Waals surface area (Å²) >= 11 is 0. The van der Waals surface area contributed by atoms with Crippen LogP contribution in [-0.4, -0.2) is 22.3 Å². The van der Waals surface area contributed by atoms with Gasteiger partial charge >= 0.3 is 0 Å². The zero-order valence-electron chi connectivity index (χ0n) is 11.4. The van der Waals surface area contributed by atoms with Crippen LogP contribution in [0.25, 0.3) is 0 Å². The standard InChI is InChI=1S/C15H23NO2/c1-3-18-15(7-5-4-6-8-15)14(17)13-9-12(2)10-16-11-13/h9-11,14,17H,3-8H2,1-2H3. The van der Waals surface area contributed by atoms with Gasteiger partial charge in [0.05, 0.1) is 5.60 Å². The third kappa shape index (κ3) is 2.73. The third-order valence-electron chi connectivity index (χ3n) is 3.84. The van der Waals surface area contributed by atoms with Crippen molar-refractivity contribution in [3.63, 3.8) is 0 Å². The van der Waals surface area contributed by atoms with Crippen molar-refractivity contribution in [3.8, 4) is 0 Å². The molecule has 1 aliphatic rings. The number of nitrogens with zero attached hydrogens (tertiary/aromatic N) is 1. The van der Waals surface area contributed by atoms with Crippen LogP contribution in [0.3, 0.4) is 0 Å². The summed E-state index contributed by atoms with van der Waals surface area (Å²) < 4.78 is 5.95. The molecule has 0 bridgehead atoms. The molecule has 0 spiro atoms. The van der Waals surface area contributed by atoms with E-state index < -0.39 is 11.7 Å². The molecule has 1 aliphatic carbocycles. The summed E-state index contributed by atoms with van der Waals surface area (Å²) in [4.78, 5) is 4.18. The number of ether oxygens (including phenoxy) is 1. The Kier molecular flexibility index (Phi) is 4.36. The van der Waals surface area contributed by atoms with E-state index in [0.29, 0.717) is 6.61 Å². The molecular formula is C15H23NO2. The summed E-state index contributed by atoms with van der Waals surface area (Å²) in [6.45, 7) is 4.64. The highest BCUT2D eigenvalue weighted by molar-refractivity contribution is 5.22. The van der Waals surface area contributed by atoms with Gasteiger partial charge in [-0.2, -0.15) is 0 Å². The lowest BCUT2D eigenvalue weighted by Crippen LogP contribution is -2.41. The van der Waals surface area contributed by atoms with Crippen LogP contribution < -0.4 is 0 Å². The Morgan fingerprint density at radius 2 is 2.06 bits per heavy atom. The van der Waals surface area contributed by atoms with Crippen molar-refractivity contribution in [1.29, 1.82) is 0 Å². The zero-order chi connectivity index (χ0) is 13.0. The van der Waals surface area contributed by atoms with E-state index >= 15 is 0 Å². The van der Waals surface area contributed by atoms with E-state index in [-0.39, 0.29) is 0 Å². The van der Waals surface area contributed by atoms with Crippen LogP contribution in [0.4, 0.5) is 0 Å². The molecule has 0 aromatic carbocycles. The van der Waals surface area contributed by atoms with Gasteiger partial charge in [0.25, 0.3) is 0 Å². The molecule has 2 rings (SSSR count). The van der Waals surface area contributed by atoms with Gasteiger partial charge in [0.2, 0.25) is 0 Å². The molecule has 1 saturated carbocycles. The molecule has 100 valence electrons. The van der Waals surface area contributed by atoms with Gasteiger partial charge in [-0.15, -0.1) is 0 Å². The summed E-state index contributed by atoms with van der Waals surface area (Å²) in [5, 5.41) is 10.7. The fourth-order valence-electron chi connectivity index (χ4n) is 2.97. The van der Waals surface area contributed by atoms with E-state index in [1.165, 1.54) is 6.42 Å². The van der Waals surface area contributed by atoms with E-state index in [2.05, 4.69) is 4.98 Å². The molecule has 1 atom stereocenters. The molecule has 1 fully saturated rings. The van der Waals surface area contributed by atoms with Gasteiger partial charge in [-0.1, -0.05) is 25.3 Å². The molecule has 0 amide bonds. The molecule has 0 radical (unpaired) electrons. The van der Waals surface area contributed by atoms with Crippen LogP contribution in [0.2, 0.25) is 0 Å². The second-order valence-electron chi connectivity index (χ2n) is 5.26. The first-order chi connectivity index (χ1) is 8.68. The number of aromatic nitrogens is 1. The number of pyridine rings is 1. The lowest BCUT2D eigenvalue weighted by Gasteiger charge is -2.40. The van der Waals surface area contributed by atoms with E-state index in [0.717, 1.165) is 36.8 Å². The van der Waals surface area contributed by atoms with Gasteiger partial charge in [-0.25, -0.2) is 0 Å². The van der Waals surface area contributed by atoms with Crippen molar-refractivity contribution in [3.05, 3.63) is 29.6 Å². The number of aliphatic hydroxyl groups is 1. The fraction of sp³-hybridized carbons (Fsp3) is 0.667. The number of aliphatic hydroxyl groups excluding tert-OH is 1. The topological polar surface area (TPSA) is 42.4 Å². The largest absolute Gasteiger partial charge is 0.385 e. The SMILES string of the molecule is CCOC1(C(O)c2cncc(C)c2)CCCCC1. The second kappa shape index (κ2) is 5.81. The molecule has 0 saturated heterocycles. The summed E-state index contributed by atoms with van der Waals surface area (Å²) in [5.41, 5.74) is 1.56. The van der Waals surface area contributed by atoms with Crippen molar-refractivity contribution in [2.24, 2.45) is 0 Å². The van der Waals surface area contributed by atoms with Crippen molar-refractivity contribution < 1.29 is 9.84 Å². The monoisotopic (exact) mass is 249 g/mol. The minimum absolute atomic E-state index is 0.400. The molecule has 3 heteroatoms. The molecule has 1 N–H and O–H groups in total. The summed E-state index contributed by atoms with van der Waals surface area (Å²) in [6.07, 6.45) is 8.40. The third-order valence-corrected chi connectivity index (χ3v) is 3.84. The Hall–Kier alpha value is -0.930. The Labute approximate surface area is 109 Å². The highest BCUT2D eigenvalue weighted by atomic mass is 16.5. The van der Waals surface area contributed by atoms with Crippen molar-refractivity contribution in [2.75, 3.05) is 6.61 Å². The first-order valence-electron chi connectivity index (χ1n) is 6.91. The molecule has 18 heavy (non-hydrogen) atoms. The number of aryl methyl sites for hydroxylation is 1. The molecule has 1 aromatic rings. The van der Waals surface area contributed by atoms with Gasteiger partial charge in [-0.05, 0) is 32.3 Å². The summed E-state index contributed by atoms with van der Waals surface area (Å²) in [7, 11) is 0. The van der Waals surface area contributed by atoms with Gasteiger partial charge in [-0.3, -0.25) is 4.98 Å². The quantitative estimate of drug-likeness (QED) is 0.891. The highest BCUT2D eigenvalue weighted by Gasteiger charge is 2.40. The first-order valence-corrected chi connectivity index (χ1v) is 6.91. The van der Waals surface area contributed by atoms with Gasteiger partial charge in [0.1, 0.15) is 6.10 Å². The normalized spacial score (nSPS) is 20.6. The average molecular weight is 249 g/mol. The zero-order valence-corrected chi connectivity index (χ0v) is 11.4. The molecule has 1 heterocycles. The van der Waals surface area contributed by atoms with Crippen molar-refractivity contribution in [1.82, 2.24) is 4.98 Å². The minimum atomic E-state index is -0.565. The van der Waals surface area contributed by atoms with Crippen LogP contribution in [0.1, 0.15) is 56.3 Å². The summed E-state index contributed by atoms with van der Waals surface area (Å²) in [6, 6.07) is 2.01. The van der Waals surface area contributed by atoms with E-state index in [1.54, 1.807) is 6.20 Å². The van der Waals surface area contributed by atoms with Crippen molar-refractivity contribution >= 4 is 0 Å². The molecule has 0 aliphatic heterocycles. The van der Waals surface area contributed by atoms with Crippen molar-refractivity contribution in [2.45, 2.75) is 57.7 Å². The second-order valence-corrected chi connectivity index (χ2v) is 5.26. The summed E-state index contributed by atoms with van der Waals surface area (Å²) in [5.74, 6) is 0. The lowest BCUT2D eigenvalue weighted by atomic mass is 9.78. The number of hydrogen-bond acceptors (Lipinski definition) is 3. The van der Waals surface area contributed by atoms with Crippen LogP contribution in [0, 0.1) is 6.92 Å². The smallest absolute Gasteiger partial charge is 0.109 e. The highest BCUT2D eigenvalue weighted by Crippen LogP contribution is 2.41. The minimum Gasteiger partial charge on any atom is -0.385 e. The molecular weight excluding hydrogens is 226 g/mol. The number of hydrogen-bond donors (Lipinski definition) is 1. The van der Waals surface area contributed by atoms with Crippen LogP contribution in [0.5, 0.6) is 0 Å². The lowest BCUT2D eigenvalue weighted by molar-refractivity contribution is -0.141. The Balaban J connectivity index is 2.24. The van der Waals surface area contributed by atoms with Gasteiger partial charge in [0.15, 0.2) is 0 Å². The average Bonchev–Trinajstić information content (AvgIpc) is 2.39. The van der Waals surface area contributed by atoms with Gasteiger partial charge in [0, 0.05) is 24.6 Å². The molecule has 3 nitrogen and oxygen atoms in total. The van der Waals surface area contributed by atoms with E-state index in [4.69, 9.17) is 4.74 Å². The van der Waals surface area contributed by atoms with Crippen LogP contribution in [-0.2, 0) is 4.74 Å². The first kappa shape index (κ1) is 13.5. The molecule has 1 aromatic heterocycles. The number of rotatable bonds is 4. The van der Waals surface area contributed by atoms with Crippen LogP contribution >= 0.6 is 0 Å².